The average molecular weight is 214 g/mol. The van der Waals surface area contributed by atoms with E-state index in [1.165, 1.54) is 7.11 Å². The van der Waals surface area contributed by atoms with Crippen LogP contribution < -0.4 is 0 Å². The Labute approximate surface area is 89.9 Å². The van der Waals surface area contributed by atoms with Crippen LogP contribution in [0.25, 0.3) is 0 Å². The summed E-state index contributed by atoms with van der Waals surface area (Å²) in [5.74, 6) is -0.790. The predicted octanol–water partition coefficient (Wildman–Crippen LogP) is 1.62. The van der Waals surface area contributed by atoms with Gasteiger partial charge >= 0.3 is 5.97 Å². The van der Waals surface area contributed by atoms with Gasteiger partial charge in [-0.25, -0.2) is 0 Å². The van der Waals surface area contributed by atoms with E-state index in [2.05, 4.69) is 0 Å². The number of ether oxygens (including phenoxy) is 3. The molecule has 2 rings (SSSR count). The Kier molecular flexibility index (Phi) is 2.51. The van der Waals surface area contributed by atoms with Crippen molar-refractivity contribution in [1.29, 1.82) is 0 Å². The number of hydrogen-bond acceptors (Lipinski definition) is 4. The Hall–Kier alpha value is -0.610. The lowest BCUT2D eigenvalue weighted by atomic mass is 9.96. The van der Waals surface area contributed by atoms with Crippen LogP contribution in [0.15, 0.2) is 0 Å². The van der Waals surface area contributed by atoms with Gasteiger partial charge in [-0.15, -0.1) is 0 Å². The van der Waals surface area contributed by atoms with Gasteiger partial charge < -0.3 is 14.2 Å². The van der Waals surface area contributed by atoms with Crippen LogP contribution in [-0.4, -0.2) is 30.6 Å². The second-order valence-corrected chi connectivity index (χ2v) is 4.82. The fraction of sp³-hybridized carbons (Fsp3) is 0.909. The van der Waals surface area contributed by atoms with E-state index in [0.717, 1.165) is 19.3 Å². The van der Waals surface area contributed by atoms with Crippen molar-refractivity contribution in [3.05, 3.63) is 0 Å². The second kappa shape index (κ2) is 3.46. The lowest BCUT2D eigenvalue weighted by Crippen LogP contribution is -2.38. The highest BCUT2D eigenvalue weighted by molar-refractivity contribution is 5.70. The highest BCUT2D eigenvalue weighted by Crippen LogP contribution is 2.48. The lowest BCUT2D eigenvalue weighted by molar-refractivity contribution is -0.174. The van der Waals surface area contributed by atoms with Crippen molar-refractivity contribution in [3.63, 3.8) is 0 Å². The van der Waals surface area contributed by atoms with Gasteiger partial charge in [0.2, 0.25) is 0 Å². The van der Waals surface area contributed by atoms with Gasteiger partial charge in [-0.2, -0.15) is 0 Å². The minimum atomic E-state index is -0.570. The molecule has 2 atom stereocenters. The molecule has 0 amide bonds. The normalized spacial score (nSPS) is 37.7. The van der Waals surface area contributed by atoms with Crippen LogP contribution in [0.3, 0.4) is 0 Å². The number of fused-ring (bicyclic) bond motifs is 1. The molecule has 0 aromatic rings. The zero-order valence-corrected chi connectivity index (χ0v) is 9.54. The average Bonchev–Trinajstić information content (AvgIpc) is 2.56. The van der Waals surface area contributed by atoms with Crippen molar-refractivity contribution in [3.8, 4) is 0 Å². The van der Waals surface area contributed by atoms with Gasteiger partial charge in [-0.1, -0.05) is 0 Å². The monoisotopic (exact) mass is 214 g/mol. The third-order valence-electron chi connectivity index (χ3n) is 3.20. The standard InChI is InChI=1S/C11H18O4/c1-10(2)14-8-5-4-6-11(8,15-10)7-9(12)13-3/h8H,4-7H2,1-3H3/t8-,11-/m0/s1. The maximum Gasteiger partial charge on any atom is 0.308 e. The molecular weight excluding hydrogens is 196 g/mol. The molecule has 1 saturated carbocycles. The van der Waals surface area contributed by atoms with E-state index in [4.69, 9.17) is 14.2 Å². The molecule has 0 bridgehead atoms. The number of methoxy groups -OCH3 is 1. The first-order chi connectivity index (χ1) is 6.97. The van der Waals surface area contributed by atoms with Crippen molar-refractivity contribution in [2.24, 2.45) is 0 Å². The summed E-state index contributed by atoms with van der Waals surface area (Å²) in [6.45, 7) is 3.79. The predicted molar refractivity (Wildman–Crippen MR) is 53.3 cm³/mol. The van der Waals surface area contributed by atoms with Crippen molar-refractivity contribution in [2.75, 3.05) is 7.11 Å². The summed E-state index contributed by atoms with van der Waals surface area (Å²) < 4.78 is 16.4. The van der Waals surface area contributed by atoms with Crippen molar-refractivity contribution in [1.82, 2.24) is 0 Å². The summed E-state index contributed by atoms with van der Waals surface area (Å²) >= 11 is 0. The SMILES string of the molecule is COC(=O)C[C@@]12CCC[C@@H]1OC(C)(C)O2. The summed E-state index contributed by atoms with van der Waals surface area (Å²) in [5.41, 5.74) is -0.434. The Morgan fingerprint density at radius 3 is 2.93 bits per heavy atom. The van der Waals surface area contributed by atoms with Crippen molar-refractivity contribution >= 4 is 5.97 Å². The number of carbonyl (C=O) groups excluding carboxylic acids is 1. The number of esters is 1. The smallest absolute Gasteiger partial charge is 0.308 e. The molecule has 0 unspecified atom stereocenters. The molecule has 2 fully saturated rings. The molecule has 15 heavy (non-hydrogen) atoms. The third-order valence-corrected chi connectivity index (χ3v) is 3.20. The molecule has 0 aromatic carbocycles. The molecule has 86 valence electrons. The molecular formula is C11H18O4. The number of rotatable bonds is 2. The van der Waals surface area contributed by atoms with E-state index >= 15 is 0 Å². The van der Waals surface area contributed by atoms with Gasteiger partial charge in [0.25, 0.3) is 0 Å². The summed E-state index contributed by atoms with van der Waals surface area (Å²) in [5, 5.41) is 0. The van der Waals surface area contributed by atoms with E-state index in [-0.39, 0.29) is 12.1 Å². The van der Waals surface area contributed by atoms with Gasteiger partial charge in [-0.05, 0) is 33.1 Å². The second-order valence-electron chi connectivity index (χ2n) is 4.82. The van der Waals surface area contributed by atoms with Gasteiger partial charge in [0, 0.05) is 0 Å². The first-order valence-electron chi connectivity index (χ1n) is 5.42. The molecule has 0 spiro atoms. The van der Waals surface area contributed by atoms with E-state index in [1.807, 2.05) is 13.8 Å². The molecule has 2 aliphatic rings. The van der Waals surface area contributed by atoms with Crippen LogP contribution >= 0.6 is 0 Å². The Morgan fingerprint density at radius 2 is 2.27 bits per heavy atom. The lowest BCUT2D eigenvalue weighted by Gasteiger charge is -2.26. The highest BCUT2D eigenvalue weighted by Gasteiger charge is 2.56. The van der Waals surface area contributed by atoms with Crippen molar-refractivity contribution < 1.29 is 19.0 Å². The van der Waals surface area contributed by atoms with Crippen molar-refractivity contribution in [2.45, 2.75) is 57.0 Å². The van der Waals surface area contributed by atoms with E-state index in [1.54, 1.807) is 0 Å². The Balaban J connectivity index is 2.14. The molecule has 0 radical (unpaired) electrons. The topological polar surface area (TPSA) is 44.8 Å². The number of hydrogen-bond donors (Lipinski definition) is 0. The van der Waals surface area contributed by atoms with Crippen LogP contribution in [0.2, 0.25) is 0 Å². The van der Waals surface area contributed by atoms with E-state index < -0.39 is 11.4 Å². The molecule has 4 heteroatoms. The maximum absolute atomic E-state index is 11.4. The van der Waals surface area contributed by atoms with Gasteiger partial charge in [-0.3, -0.25) is 4.79 Å². The summed E-state index contributed by atoms with van der Waals surface area (Å²) in [7, 11) is 1.41. The Bertz CT molecular complexity index is 274. The zero-order chi connectivity index (χ0) is 11.1. The van der Waals surface area contributed by atoms with Crippen LogP contribution in [0.5, 0.6) is 0 Å². The summed E-state index contributed by atoms with van der Waals surface area (Å²) in [4.78, 5) is 11.4. The number of carbonyl (C=O) groups is 1. The molecule has 0 aromatic heterocycles. The van der Waals surface area contributed by atoms with Gasteiger partial charge in [0.1, 0.15) is 5.60 Å². The zero-order valence-electron chi connectivity index (χ0n) is 9.54. The van der Waals surface area contributed by atoms with Crippen LogP contribution in [0.4, 0.5) is 0 Å². The van der Waals surface area contributed by atoms with E-state index in [9.17, 15) is 4.79 Å². The van der Waals surface area contributed by atoms with Crippen LogP contribution in [0, 0.1) is 0 Å². The van der Waals surface area contributed by atoms with Crippen LogP contribution in [-0.2, 0) is 19.0 Å². The fourth-order valence-electron chi connectivity index (χ4n) is 2.70. The highest BCUT2D eigenvalue weighted by atomic mass is 16.8. The molecule has 1 saturated heterocycles. The van der Waals surface area contributed by atoms with Gasteiger partial charge in [0.05, 0.1) is 19.6 Å². The largest absolute Gasteiger partial charge is 0.469 e. The first kappa shape index (κ1) is 10.9. The minimum absolute atomic E-state index is 0.0478. The molecule has 1 aliphatic heterocycles. The first-order valence-corrected chi connectivity index (χ1v) is 5.42. The quantitative estimate of drug-likeness (QED) is 0.655. The molecule has 1 heterocycles. The van der Waals surface area contributed by atoms with Gasteiger partial charge in [0.15, 0.2) is 5.79 Å². The molecule has 4 nitrogen and oxygen atoms in total. The maximum atomic E-state index is 11.4. The fourth-order valence-corrected chi connectivity index (χ4v) is 2.70. The van der Waals surface area contributed by atoms with Crippen LogP contribution in [0.1, 0.15) is 39.5 Å². The van der Waals surface area contributed by atoms with E-state index in [0.29, 0.717) is 6.42 Å². The third kappa shape index (κ3) is 1.88. The Morgan fingerprint density at radius 1 is 1.53 bits per heavy atom. The molecule has 1 aliphatic carbocycles. The summed E-state index contributed by atoms with van der Waals surface area (Å²) in [6.07, 6.45) is 3.26. The summed E-state index contributed by atoms with van der Waals surface area (Å²) in [6, 6.07) is 0. The minimum Gasteiger partial charge on any atom is -0.469 e. The molecule has 0 N–H and O–H groups in total.